The number of methoxy groups -OCH3 is 2. The van der Waals surface area contributed by atoms with Gasteiger partial charge in [-0.25, -0.2) is 28.3 Å². The average Bonchev–Trinajstić information content (AvgIpc) is 3.90. The lowest BCUT2D eigenvalue weighted by atomic mass is 9.66. The number of aromatic nitrogens is 8. The van der Waals surface area contributed by atoms with Gasteiger partial charge < -0.3 is 24.5 Å². The summed E-state index contributed by atoms with van der Waals surface area (Å²) in [6.07, 6.45) is 10.1. The third-order valence-electron chi connectivity index (χ3n) is 9.92. The molecule has 6 heterocycles. The molecule has 0 amide bonds. The van der Waals surface area contributed by atoms with E-state index in [-0.39, 0.29) is 39.8 Å². The molecule has 2 aliphatic carbocycles. The van der Waals surface area contributed by atoms with E-state index < -0.39 is 11.9 Å². The highest BCUT2D eigenvalue weighted by Crippen LogP contribution is 2.44. The molecule has 2 N–H and O–H groups in total. The minimum atomic E-state index is -0.613. The number of nitrogens with zero attached hydrogens (tertiary/aromatic N) is 8. The number of hydrogen-bond acceptors (Lipinski definition) is 16. The molecule has 2 aliphatic rings. The molecule has 2 fully saturated rings. The summed E-state index contributed by atoms with van der Waals surface area (Å²) in [5.41, 5.74) is 1.57. The average molecular weight is 783 g/mol. The molecule has 0 aliphatic heterocycles. The molecule has 0 bridgehead atoms. The van der Waals surface area contributed by atoms with E-state index in [2.05, 4.69) is 60.4 Å². The van der Waals surface area contributed by atoms with E-state index in [1.807, 2.05) is 0 Å². The Morgan fingerprint density at radius 2 is 1.30 bits per heavy atom. The highest BCUT2D eigenvalue weighted by molar-refractivity contribution is 7.13. The first-order valence-corrected chi connectivity index (χ1v) is 18.6. The topological polar surface area (TPSA) is 193 Å². The van der Waals surface area contributed by atoms with Crippen molar-refractivity contribution in [1.29, 1.82) is 0 Å². The summed E-state index contributed by atoms with van der Waals surface area (Å²) in [5.74, 6) is -0.344. The maximum absolute atomic E-state index is 14.2. The Balaban J connectivity index is 0.000000172. The second kappa shape index (κ2) is 16.6. The predicted octanol–water partition coefficient (Wildman–Crippen LogP) is 6.44. The number of ether oxygens (including phenoxy) is 2. The van der Waals surface area contributed by atoms with Gasteiger partial charge in [0.15, 0.2) is 5.69 Å². The fourth-order valence-corrected chi connectivity index (χ4v) is 7.28. The number of nitrogens with one attached hydrogen (secondary N) is 2. The zero-order chi connectivity index (χ0) is 39.1. The first kappa shape index (κ1) is 38.0. The molecule has 6 aromatic rings. The number of oxazole rings is 1. The maximum atomic E-state index is 14.2. The first-order chi connectivity index (χ1) is 27.2. The highest BCUT2D eigenvalue weighted by Gasteiger charge is 2.43. The number of carbonyl (C=O) groups excluding carboxylic acids is 2. The zero-order valence-electron chi connectivity index (χ0n) is 30.4. The lowest BCUT2D eigenvalue weighted by molar-refractivity contribution is 0.0564. The molecule has 288 valence electrons. The minimum absolute atomic E-state index is 0.00851. The molecule has 8 rings (SSSR count). The third kappa shape index (κ3) is 8.05. The number of halogens is 2. The van der Waals surface area contributed by atoms with Crippen molar-refractivity contribution in [1.82, 2.24) is 40.3 Å². The van der Waals surface area contributed by atoms with Gasteiger partial charge in [-0.3, -0.25) is 9.97 Å². The van der Waals surface area contributed by atoms with Crippen molar-refractivity contribution in [2.24, 2.45) is 0 Å². The number of pyridine rings is 2. The van der Waals surface area contributed by atoms with Gasteiger partial charge in [0, 0.05) is 41.7 Å². The molecular formula is C38H36F2N10O5S. The smallest absolute Gasteiger partial charge is 0.375 e. The van der Waals surface area contributed by atoms with Crippen LogP contribution in [0.3, 0.4) is 0 Å². The number of anilines is 2. The monoisotopic (exact) mass is 782 g/mol. The highest BCUT2D eigenvalue weighted by atomic mass is 32.1. The standard InChI is InChI=1S/C19H18FN5O3.C19H18FN5O2S/c1-27-18(26)14-10-22-17(28-14)13-5-6-15(25-24-13)23-11-19(7-3-8-19)16-12(20)4-2-9-21-16;1-27-18(26)14-10-28-17(23-14)13-5-6-15(25-24-13)22-11-19(7-3-8-19)16-12(20)4-2-9-21-16/h2,4-6,9-10H,3,7-8,11H2,1H3,(H,23,25);2,4-6,9-10H,3,7-8,11H2,1H3,(H,22,25). The quantitative estimate of drug-likeness (QED) is 0.129. The normalized spacial score (nSPS) is 14.9. The number of thiazole rings is 1. The Labute approximate surface area is 323 Å². The van der Waals surface area contributed by atoms with Gasteiger partial charge in [0.25, 0.3) is 0 Å². The number of hydrogen-bond donors (Lipinski definition) is 2. The van der Waals surface area contributed by atoms with Crippen LogP contribution in [0.1, 0.15) is 71.0 Å². The van der Waals surface area contributed by atoms with E-state index in [0.29, 0.717) is 52.5 Å². The van der Waals surface area contributed by atoms with Gasteiger partial charge in [0.2, 0.25) is 11.7 Å². The summed E-state index contributed by atoms with van der Waals surface area (Å²) >= 11 is 1.30. The maximum Gasteiger partial charge on any atom is 0.375 e. The second-order valence-corrected chi connectivity index (χ2v) is 14.2. The van der Waals surface area contributed by atoms with E-state index in [0.717, 1.165) is 38.5 Å². The van der Waals surface area contributed by atoms with Gasteiger partial charge in [-0.05, 0) is 74.2 Å². The van der Waals surface area contributed by atoms with Crippen LogP contribution in [0.2, 0.25) is 0 Å². The molecule has 0 aromatic carbocycles. The summed E-state index contributed by atoms with van der Waals surface area (Å²) in [5, 5.41) is 25.2. The van der Waals surface area contributed by atoms with Crippen LogP contribution >= 0.6 is 11.3 Å². The molecular weight excluding hydrogens is 747 g/mol. The van der Waals surface area contributed by atoms with Crippen molar-refractivity contribution in [2.45, 2.75) is 49.4 Å². The van der Waals surface area contributed by atoms with E-state index in [4.69, 9.17) is 4.42 Å². The largest absolute Gasteiger partial charge is 0.464 e. The summed E-state index contributed by atoms with van der Waals surface area (Å²) < 4.78 is 42.9. The first-order valence-electron chi connectivity index (χ1n) is 17.7. The van der Waals surface area contributed by atoms with Crippen LogP contribution in [0.15, 0.2) is 76.9 Å². The molecule has 6 aromatic heterocycles. The van der Waals surface area contributed by atoms with Gasteiger partial charge in [0.1, 0.15) is 39.7 Å². The fraction of sp³-hybridized carbons (Fsp3) is 0.316. The summed E-state index contributed by atoms with van der Waals surface area (Å²) in [6.45, 7) is 1.05. The van der Waals surface area contributed by atoms with Gasteiger partial charge in [-0.15, -0.1) is 31.7 Å². The molecule has 2 saturated carbocycles. The van der Waals surface area contributed by atoms with E-state index >= 15 is 0 Å². The molecule has 0 unspecified atom stereocenters. The van der Waals surface area contributed by atoms with Crippen LogP contribution in [0.5, 0.6) is 0 Å². The van der Waals surface area contributed by atoms with Crippen molar-refractivity contribution < 1.29 is 32.3 Å². The lowest BCUT2D eigenvalue weighted by Gasteiger charge is -2.41. The van der Waals surface area contributed by atoms with Crippen LogP contribution < -0.4 is 10.6 Å². The fourth-order valence-electron chi connectivity index (χ4n) is 6.53. The zero-order valence-corrected chi connectivity index (χ0v) is 31.2. The third-order valence-corrected chi connectivity index (χ3v) is 10.8. The number of carbonyl (C=O) groups is 2. The lowest BCUT2D eigenvalue weighted by Crippen LogP contribution is -2.42. The number of rotatable bonds is 12. The van der Waals surface area contributed by atoms with Crippen LogP contribution in [0.4, 0.5) is 20.4 Å². The second-order valence-electron chi connectivity index (χ2n) is 13.3. The van der Waals surface area contributed by atoms with Crippen LogP contribution in [0, 0.1) is 11.6 Å². The Hall–Kier alpha value is -6.30. The molecule has 56 heavy (non-hydrogen) atoms. The molecule has 18 heteroatoms. The predicted molar refractivity (Wildman–Crippen MR) is 200 cm³/mol. The molecule has 15 nitrogen and oxygen atoms in total. The van der Waals surface area contributed by atoms with E-state index in [1.165, 1.54) is 43.9 Å². The van der Waals surface area contributed by atoms with E-state index in [9.17, 15) is 18.4 Å². The minimum Gasteiger partial charge on any atom is -0.464 e. The Bertz CT molecular complexity index is 2140. The van der Waals surface area contributed by atoms with Crippen LogP contribution in [0.25, 0.3) is 22.3 Å². The van der Waals surface area contributed by atoms with Crippen molar-refractivity contribution in [2.75, 3.05) is 37.9 Å². The summed E-state index contributed by atoms with van der Waals surface area (Å²) in [7, 11) is 2.57. The Morgan fingerprint density at radius 3 is 1.77 bits per heavy atom. The molecule has 0 spiro atoms. The Kier molecular flexibility index (Phi) is 11.3. The van der Waals surface area contributed by atoms with Gasteiger partial charge >= 0.3 is 11.9 Å². The van der Waals surface area contributed by atoms with Gasteiger partial charge in [-0.2, -0.15) is 0 Å². The van der Waals surface area contributed by atoms with Crippen molar-refractivity contribution in [3.05, 3.63) is 107 Å². The number of esters is 2. The van der Waals surface area contributed by atoms with Crippen LogP contribution in [-0.2, 0) is 20.3 Å². The van der Waals surface area contributed by atoms with Crippen molar-refractivity contribution in [3.8, 4) is 22.3 Å². The molecule has 0 saturated heterocycles. The van der Waals surface area contributed by atoms with Crippen LogP contribution in [-0.4, -0.2) is 79.6 Å². The molecule has 0 atom stereocenters. The summed E-state index contributed by atoms with van der Waals surface area (Å²) in [6, 6.07) is 13.1. The van der Waals surface area contributed by atoms with Crippen molar-refractivity contribution in [3.63, 3.8) is 0 Å². The Morgan fingerprint density at radius 1 is 0.750 bits per heavy atom. The SMILES string of the molecule is COC(=O)c1cnc(-c2ccc(NCC3(c4ncccc4F)CCC3)nn2)o1.COC(=O)c1csc(-c2ccc(NCC3(c4ncccc4F)CCC3)nn2)n1. The van der Waals surface area contributed by atoms with Gasteiger partial charge in [-0.1, -0.05) is 12.8 Å². The molecule has 0 radical (unpaired) electrons. The van der Waals surface area contributed by atoms with Gasteiger partial charge in [0.05, 0.1) is 31.8 Å². The summed E-state index contributed by atoms with van der Waals surface area (Å²) in [4.78, 5) is 39.7. The van der Waals surface area contributed by atoms with Crippen molar-refractivity contribution >= 4 is 34.9 Å². The van der Waals surface area contributed by atoms with E-state index in [1.54, 1.807) is 54.2 Å².